The van der Waals surface area contributed by atoms with Crippen LogP contribution in [-0.4, -0.2) is 85.7 Å². The molecule has 2 unspecified atom stereocenters. The maximum atomic E-state index is 6.49. The summed E-state index contributed by atoms with van der Waals surface area (Å²) in [5.74, 6) is 0. The number of hydrogen-bond acceptors (Lipinski definition) is 8. The van der Waals surface area contributed by atoms with Gasteiger partial charge in [0.15, 0.2) is 0 Å². The molecule has 4 aliphatic rings. The van der Waals surface area contributed by atoms with Gasteiger partial charge in [-0.05, 0) is 129 Å². The van der Waals surface area contributed by atoms with Crippen molar-refractivity contribution in [1.82, 2.24) is 20.4 Å². The fourth-order valence-electron chi connectivity index (χ4n) is 7.17. The quantitative estimate of drug-likeness (QED) is 0.314. The number of nitrogens with one attached hydrogen (secondary N) is 2. The van der Waals surface area contributed by atoms with E-state index in [1.807, 2.05) is 0 Å². The van der Waals surface area contributed by atoms with Gasteiger partial charge in [0, 0.05) is 13.1 Å². The van der Waals surface area contributed by atoms with Crippen LogP contribution in [0.2, 0.25) is 0 Å². The van der Waals surface area contributed by atoms with Crippen LogP contribution in [0.5, 0.6) is 0 Å². The summed E-state index contributed by atoms with van der Waals surface area (Å²) in [6.45, 7) is 23.3. The molecule has 0 radical (unpaired) electrons. The molecule has 10 heteroatoms. The maximum absolute atomic E-state index is 6.49. The lowest BCUT2D eigenvalue weighted by molar-refractivity contribution is 0.00578. The summed E-state index contributed by atoms with van der Waals surface area (Å²) in [6, 6.07) is 17.3. The average Bonchev–Trinajstić information content (AvgIpc) is 3.39. The van der Waals surface area contributed by atoms with Crippen LogP contribution in [0, 0.1) is 0 Å². The van der Waals surface area contributed by atoms with Crippen molar-refractivity contribution in [3.05, 3.63) is 59.7 Å². The summed E-state index contributed by atoms with van der Waals surface area (Å²) in [4.78, 5) is 5.24. The van der Waals surface area contributed by atoms with E-state index in [4.69, 9.17) is 18.6 Å². The molecule has 4 heterocycles. The zero-order chi connectivity index (χ0) is 32.7. The first kappa shape index (κ1) is 34.1. The molecule has 2 N–H and O–H groups in total. The van der Waals surface area contributed by atoms with Gasteiger partial charge < -0.3 is 18.6 Å². The smallest absolute Gasteiger partial charge is 0.399 e. The minimum atomic E-state index is -0.365. The lowest BCUT2D eigenvalue weighted by Gasteiger charge is -2.39. The molecule has 250 valence electrons. The van der Waals surface area contributed by atoms with Crippen molar-refractivity contribution in [3.8, 4) is 0 Å². The van der Waals surface area contributed by atoms with E-state index in [2.05, 4.69) is 124 Å². The summed E-state index contributed by atoms with van der Waals surface area (Å²) in [5.41, 5.74) is 3.34. The third-order valence-corrected chi connectivity index (χ3v) is 11.4. The van der Waals surface area contributed by atoms with Gasteiger partial charge in [0.25, 0.3) is 0 Å². The van der Waals surface area contributed by atoms with E-state index in [0.717, 1.165) is 75.9 Å². The van der Waals surface area contributed by atoms with Crippen LogP contribution in [0.25, 0.3) is 0 Å². The van der Waals surface area contributed by atoms with Crippen molar-refractivity contribution in [2.45, 2.75) is 116 Å². The molecule has 0 spiro atoms. The van der Waals surface area contributed by atoms with Crippen LogP contribution >= 0.6 is 0 Å². The van der Waals surface area contributed by atoms with Crippen LogP contribution < -0.4 is 21.6 Å². The van der Waals surface area contributed by atoms with Gasteiger partial charge in [0.2, 0.25) is 0 Å². The zero-order valence-corrected chi connectivity index (χ0v) is 29.5. The Morgan fingerprint density at radius 2 is 0.935 bits per heavy atom. The SMILES string of the molecule is CC1(C)OB(c2ccccc2C2NCCCN2CCCCN2CCCNC2c2ccccc2B2OC(C)(C)C(C)(C)O2)OC1(C)C. The van der Waals surface area contributed by atoms with Gasteiger partial charge in [-0.25, -0.2) is 0 Å². The highest BCUT2D eigenvalue weighted by Gasteiger charge is 2.53. The Hall–Kier alpha value is -1.75. The summed E-state index contributed by atoms with van der Waals surface area (Å²) >= 11 is 0. The minimum Gasteiger partial charge on any atom is -0.399 e. The second-order valence-electron chi connectivity index (χ2n) is 15.6. The molecule has 0 bridgehead atoms. The molecule has 46 heavy (non-hydrogen) atoms. The number of unbranched alkanes of at least 4 members (excludes halogenated alkanes) is 1. The van der Waals surface area contributed by atoms with Gasteiger partial charge >= 0.3 is 14.2 Å². The lowest BCUT2D eigenvalue weighted by Crippen LogP contribution is -2.50. The van der Waals surface area contributed by atoms with Crippen molar-refractivity contribution in [2.24, 2.45) is 0 Å². The van der Waals surface area contributed by atoms with Crippen LogP contribution in [0.1, 0.15) is 105 Å². The third kappa shape index (κ3) is 6.74. The fourth-order valence-corrected chi connectivity index (χ4v) is 7.17. The van der Waals surface area contributed by atoms with Gasteiger partial charge in [-0.2, -0.15) is 0 Å². The van der Waals surface area contributed by atoms with Gasteiger partial charge in [-0.1, -0.05) is 48.5 Å². The lowest BCUT2D eigenvalue weighted by atomic mass is 9.75. The van der Waals surface area contributed by atoms with Gasteiger partial charge in [0.05, 0.1) is 34.7 Å². The Morgan fingerprint density at radius 1 is 0.587 bits per heavy atom. The summed E-state index contributed by atoms with van der Waals surface area (Å²) < 4.78 is 26.0. The first-order valence-corrected chi connectivity index (χ1v) is 17.6. The van der Waals surface area contributed by atoms with Gasteiger partial charge in [0.1, 0.15) is 0 Å². The second-order valence-corrected chi connectivity index (χ2v) is 15.6. The molecule has 4 fully saturated rings. The van der Waals surface area contributed by atoms with E-state index in [1.54, 1.807) is 0 Å². The van der Waals surface area contributed by atoms with Crippen molar-refractivity contribution in [3.63, 3.8) is 0 Å². The molecule has 4 aliphatic heterocycles. The van der Waals surface area contributed by atoms with Crippen LogP contribution in [-0.2, 0) is 18.6 Å². The highest BCUT2D eigenvalue weighted by atomic mass is 16.7. The van der Waals surface area contributed by atoms with Crippen molar-refractivity contribution < 1.29 is 18.6 Å². The third-order valence-electron chi connectivity index (χ3n) is 11.4. The van der Waals surface area contributed by atoms with Crippen LogP contribution in [0.3, 0.4) is 0 Å². The largest absolute Gasteiger partial charge is 0.495 e. The monoisotopic (exact) mass is 630 g/mol. The highest BCUT2D eigenvalue weighted by Crippen LogP contribution is 2.38. The Morgan fingerprint density at radius 3 is 1.30 bits per heavy atom. The van der Waals surface area contributed by atoms with E-state index in [0.29, 0.717) is 0 Å². The average molecular weight is 630 g/mol. The summed E-state index contributed by atoms with van der Waals surface area (Å²) in [7, 11) is -0.731. The van der Waals surface area contributed by atoms with Gasteiger partial charge in [-0.15, -0.1) is 0 Å². The van der Waals surface area contributed by atoms with E-state index >= 15 is 0 Å². The van der Waals surface area contributed by atoms with E-state index < -0.39 is 0 Å². The van der Waals surface area contributed by atoms with E-state index in [1.165, 1.54) is 11.1 Å². The molecule has 2 atom stereocenters. The predicted octanol–water partition coefficient (Wildman–Crippen LogP) is 4.35. The fraction of sp³-hybridized carbons (Fsp3) is 0.667. The number of rotatable bonds is 9. The molecule has 6 rings (SSSR count). The van der Waals surface area contributed by atoms with E-state index in [9.17, 15) is 0 Å². The normalized spacial score (nSPS) is 27.7. The standard InChI is InChI=1S/C36H56B2N4O4/c1-33(2)34(3,4)44-37(43-33)29-19-11-9-17-27(29)31-39-21-15-25-41(31)23-13-14-24-42-26-16-22-40-32(42)28-18-10-12-20-30(28)38-45-35(5,6)36(7,8)46-38/h9-12,17-20,31-32,39-40H,13-16,21-26H2,1-8H3. The van der Waals surface area contributed by atoms with Crippen molar-refractivity contribution in [2.75, 3.05) is 39.3 Å². The Kier molecular flexibility index (Phi) is 9.85. The maximum Gasteiger partial charge on any atom is 0.495 e. The zero-order valence-electron chi connectivity index (χ0n) is 29.5. The Bertz CT molecular complexity index is 1220. The highest BCUT2D eigenvalue weighted by molar-refractivity contribution is 6.63. The molecule has 0 aromatic heterocycles. The Labute approximate surface area is 278 Å². The first-order valence-electron chi connectivity index (χ1n) is 17.6. The van der Waals surface area contributed by atoms with Crippen molar-refractivity contribution >= 4 is 25.2 Å². The number of benzene rings is 2. The van der Waals surface area contributed by atoms with E-state index in [-0.39, 0.29) is 49.0 Å². The van der Waals surface area contributed by atoms with Crippen LogP contribution in [0.15, 0.2) is 48.5 Å². The van der Waals surface area contributed by atoms with Crippen LogP contribution in [0.4, 0.5) is 0 Å². The minimum absolute atomic E-state index is 0.153. The predicted molar refractivity (Wildman–Crippen MR) is 187 cm³/mol. The number of hydrogen-bond donors (Lipinski definition) is 2. The van der Waals surface area contributed by atoms with Crippen molar-refractivity contribution in [1.29, 1.82) is 0 Å². The molecule has 2 aromatic carbocycles. The molecule has 0 amide bonds. The topological polar surface area (TPSA) is 67.5 Å². The summed E-state index contributed by atoms with van der Waals surface area (Å²) in [5, 5.41) is 7.65. The molecule has 4 saturated heterocycles. The molecular formula is C36H56B2N4O4. The first-order chi connectivity index (χ1) is 21.8. The number of nitrogens with zero attached hydrogens (tertiary/aromatic N) is 2. The molecular weight excluding hydrogens is 574 g/mol. The molecule has 0 saturated carbocycles. The molecule has 8 nitrogen and oxygen atoms in total. The molecule has 0 aliphatic carbocycles. The Balaban J connectivity index is 1.10. The second kappa shape index (κ2) is 13.3. The molecule has 2 aromatic rings. The van der Waals surface area contributed by atoms with Gasteiger partial charge in [-0.3, -0.25) is 20.4 Å². The summed E-state index contributed by atoms with van der Waals surface area (Å²) in [6.07, 6.45) is 4.89.